The Kier molecular flexibility index (Phi) is 5.25. The first kappa shape index (κ1) is 15.5. The summed E-state index contributed by atoms with van der Waals surface area (Å²) in [7, 11) is 0. The van der Waals surface area contributed by atoms with Crippen molar-refractivity contribution in [3.05, 3.63) is 66.0 Å². The molecule has 1 fully saturated rings. The van der Waals surface area contributed by atoms with E-state index in [1.165, 1.54) is 5.56 Å². The van der Waals surface area contributed by atoms with E-state index in [0.717, 1.165) is 37.9 Å². The fraction of sp³-hybridized carbons (Fsp3) is 0.368. The molecule has 0 spiro atoms. The highest BCUT2D eigenvalue weighted by atomic mass is 16.2. The van der Waals surface area contributed by atoms with Gasteiger partial charge in [0.15, 0.2) is 0 Å². The van der Waals surface area contributed by atoms with Crippen LogP contribution in [0, 0.1) is 0 Å². The largest absolute Gasteiger partial charge is 0.332 e. The number of nitrogens with one attached hydrogen (secondary N) is 1. The second-order valence-corrected chi connectivity index (χ2v) is 5.99. The van der Waals surface area contributed by atoms with Gasteiger partial charge in [-0.1, -0.05) is 36.4 Å². The number of hydrogen-bond acceptors (Lipinski definition) is 2. The van der Waals surface area contributed by atoms with Gasteiger partial charge >= 0.3 is 6.03 Å². The van der Waals surface area contributed by atoms with E-state index in [2.05, 4.69) is 34.6 Å². The number of rotatable bonds is 5. The van der Waals surface area contributed by atoms with Crippen LogP contribution in [0.15, 0.2) is 54.7 Å². The van der Waals surface area contributed by atoms with E-state index in [0.29, 0.717) is 12.6 Å². The van der Waals surface area contributed by atoms with Crippen molar-refractivity contribution in [2.45, 2.75) is 38.3 Å². The van der Waals surface area contributed by atoms with Crippen molar-refractivity contribution in [2.24, 2.45) is 0 Å². The number of likely N-dealkylation sites (tertiary alicyclic amines) is 1. The minimum Gasteiger partial charge on any atom is -0.332 e. The number of benzene rings is 1. The van der Waals surface area contributed by atoms with Crippen LogP contribution in [0.5, 0.6) is 0 Å². The van der Waals surface area contributed by atoms with Crippen LogP contribution < -0.4 is 5.32 Å². The number of aryl methyl sites for hydroxylation is 1. The number of nitrogens with zero attached hydrogens (tertiary/aromatic N) is 2. The molecule has 3 rings (SSSR count). The number of pyridine rings is 1. The third kappa shape index (κ3) is 4.31. The van der Waals surface area contributed by atoms with Gasteiger partial charge < -0.3 is 10.2 Å². The fourth-order valence-electron chi connectivity index (χ4n) is 3.15. The molecule has 0 radical (unpaired) electrons. The summed E-state index contributed by atoms with van der Waals surface area (Å²) in [5, 5.41) is 2.99. The Bertz CT molecular complexity index is 615. The Morgan fingerprint density at radius 2 is 2.00 bits per heavy atom. The quantitative estimate of drug-likeness (QED) is 0.920. The smallest absolute Gasteiger partial charge is 0.317 e. The van der Waals surface area contributed by atoms with E-state index < -0.39 is 0 Å². The van der Waals surface area contributed by atoms with Gasteiger partial charge in [0.25, 0.3) is 0 Å². The second-order valence-electron chi connectivity index (χ2n) is 5.99. The molecule has 1 aromatic carbocycles. The number of carbonyl (C=O) groups is 1. The average molecular weight is 309 g/mol. The predicted molar refractivity (Wildman–Crippen MR) is 91.0 cm³/mol. The van der Waals surface area contributed by atoms with Crippen molar-refractivity contribution in [1.29, 1.82) is 0 Å². The SMILES string of the molecule is O=C(NCc1ccccn1)N1CCC[C@@H]1CCc1ccccc1. The van der Waals surface area contributed by atoms with Crippen LogP contribution in [-0.2, 0) is 13.0 Å². The normalized spacial score (nSPS) is 17.2. The van der Waals surface area contributed by atoms with E-state index in [-0.39, 0.29) is 6.03 Å². The zero-order valence-corrected chi connectivity index (χ0v) is 13.3. The van der Waals surface area contributed by atoms with E-state index in [4.69, 9.17) is 0 Å². The molecule has 1 aliphatic rings. The maximum Gasteiger partial charge on any atom is 0.317 e. The minimum absolute atomic E-state index is 0.0335. The first-order valence-electron chi connectivity index (χ1n) is 8.31. The number of amides is 2. The van der Waals surface area contributed by atoms with Crippen LogP contribution in [-0.4, -0.2) is 28.5 Å². The molecule has 0 saturated carbocycles. The summed E-state index contributed by atoms with van der Waals surface area (Å²) in [4.78, 5) is 18.7. The lowest BCUT2D eigenvalue weighted by molar-refractivity contribution is 0.189. The van der Waals surface area contributed by atoms with Gasteiger partial charge in [-0.15, -0.1) is 0 Å². The molecule has 23 heavy (non-hydrogen) atoms. The average Bonchev–Trinajstić information content (AvgIpc) is 3.08. The number of carbonyl (C=O) groups excluding carboxylic acids is 1. The van der Waals surface area contributed by atoms with Gasteiger partial charge in [-0.25, -0.2) is 4.79 Å². The summed E-state index contributed by atoms with van der Waals surface area (Å²) in [5.41, 5.74) is 2.23. The van der Waals surface area contributed by atoms with Crippen LogP contribution in [0.1, 0.15) is 30.5 Å². The molecule has 2 aromatic rings. The lowest BCUT2D eigenvalue weighted by Crippen LogP contribution is -2.42. The van der Waals surface area contributed by atoms with Gasteiger partial charge in [-0.2, -0.15) is 0 Å². The number of hydrogen-bond donors (Lipinski definition) is 1. The topological polar surface area (TPSA) is 45.2 Å². The van der Waals surface area contributed by atoms with Gasteiger partial charge in [0.1, 0.15) is 0 Å². The van der Waals surface area contributed by atoms with E-state index in [1.807, 2.05) is 29.2 Å². The van der Waals surface area contributed by atoms with Crippen molar-refractivity contribution in [3.63, 3.8) is 0 Å². The van der Waals surface area contributed by atoms with Crippen molar-refractivity contribution in [1.82, 2.24) is 15.2 Å². The molecule has 2 amide bonds. The van der Waals surface area contributed by atoms with E-state index in [9.17, 15) is 4.79 Å². The zero-order chi connectivity index (χ0) is 15.9. The van der Waals surface area contributed by atoms with Crippen LogP contribution in [0.25, 0.3) is 0 Å². The zero-order valence-electron chi connectivity index (χ0n) is 13.3. The van der Waals surface area contributed by atoms with Crippen molar-refractivity contribution >= 4 is 6.03 Å². The Balaban J connectivity index is 1.50. The first-order chi connectivity index (χ1) is 11.3. The van der Waals surface area contributed by atoms with Crippen molar-refractivity contribution in [2.75, 3.05) is 6.54 Å². The summed E-state index contributed by atoms with van der Waals surface area (Å²) in [6.45, 7) is 1.34. The second kappa shape index (κ2) is 7.77. The molecule has 1 saturated heterocycles. The molecule has 0 unspecified atom stereocenters. The summed E-state index contributed by atoms with van der Waals surface area (Å²) >= 11 is 0. The van der Waals surface area contributed by atoms with Gasteiger partial charge in [-0.3, -0.25) is 4.98 Å². The fourth-order valence-corrected chi connectivity index (χ4v) is 3.15. The molecule has 0 aliphatic carbocycles. The maximum atomic E-state index is 12.4. The molecule has 1 aliphatic heterocycles. The minimum atomic E-state index is 0.0335. The predicted octanol–water partition coefficient (Wildman–Crippen LogP) is 3.39. The third-order valence-corrected chi connectivity index (χ3v) is 4.39. The molecule has 1 aromatic heterocycles. The van der Waals surface area contributed by atoms with Gasteiger partial charge in [0.2, 0.25) is 0 Å². The Morgan fingerprint density at radius 3 is 2.78 bits per heavy atom. The molecule has 4 heteroatoms. The Hall–Kier alpha value is -2.36. The molecular formula is C19H23N3O. The standard InChI is InChI=1S/C19H23N3O/c23-19(21-15-17-9-4-5-13-20-17)22-14-6-10-18(22)12-11-16-7-2-1-3-8-16/h1-5,7-9,13,18H,6,10-12,14-15H2,(H,21,23)/t18-/m1/s1. The lowest BCUT2D eigenvalue weighted by atomic mass is 10.0. The lowest BCUT2D eigenvalue weighted by Gasteiger charge is -2.25. The van der Waals surface area contributed by atoms with Crippen molar-refractivity contribution < 1.29 is 4.79 Å². The van der Waals surface area contributed by atoms with Crippen LogP contribution in [0.2, 0.25) is 0 Å². The Morgan fingerprint density at radius 1 is 1.17 bits per heavy atom. The first-order valence-corrected chi connectivity index (χ1v) is 8.31. The Labute approximate surface area is 137 Å². The molecule has 4 nitrogen and oxygen atoms in total. The van der Waals surface area contributed by atoms with Crippen LogP contribution >= 0.6 is 0 Å². The summed E-state index contributed by atoms with van der Waals surface area (Å²) in [5.74, 6) is 0. The summed E-state index contributed by atoms with van der Waals surface area (Å²) in [6.07, 6.45) is 6.00. The summed E-state index contributed by atoms with van der Waals surface area (Å²) < 4.78 is 0. The van der Waals surface area contributed by atoms with Crippen LogP contribution in [0.4, 0.5) is 4.79 Å². The van der Waals surface area contributed by atoms with E-state index in [1.54, 1.807) is 6.20 Å². The van der Waals surface area contributed by atoms with Gasteiger partial charge in [-0.05, 0) is 43.4 Å². The van der Waals surface area contributed by atoms with Crippen LogP contribution in [0.3, 0.4) is 0 Å². The van der Waals surface area contributed by atoms with E-state index >= 15 is 0 Å². The highest BCUT2D eigenvalue weighted by Gasteiger charge is 2.28. The molecule has 1 N–H and O–H groups in total. The highest BCUT2D eigenvalue weighted by molar-refractivity contribution is 5.74. The van der Waals surface area contributed by atoms with Crippen molar-refractivity contribution in [3.8, 4) is 0 Å². The molecular weight excluding hydrogens is 286 g/mol. The maximum absolute atomic E-state index is 12.4. The molecule has 2 heterocycles. The van der Waals surface area contributed by atoms with Gasteiger partial charge in [0.05, 0.1) is 12.2 Å². The monoisotopic (exact) mass is 309 g/mol. The van der Waals surface area contributed by atoms with Gasteiger partial charge in [0, 0.05) is 18.8 Å². The molecule has 120 valence electrons. The third-order valence-electron chi connectivity index (χ3n) is 4.39. The molecule has 0 bridgehead atoms. The summed E-state index contributed by atoms with van der Waals surface area (Å²) in [6, 6.07) is 16.6. The number of urea groups is 1. The number of aromatic nitrogens is 1. The highest BCUT2D eigenvalue weighted by Crippen LogP contribution is 2.22. The molecule has 1 atom stereocenters.